The third kappa shape index (κ3) is 2.28. The average Bonchev–Trinajstić information content (AvgIpc) is 2.79. The van der Waals surface area contributed by atoms with E-state index in [4.69, 9.17) is 14.9 Å². The lowest BCUT2D eigenvalue weighted by Gasteiger charge is -2.04. The molecule has 2 rings (SSSR count). The lowest BCUT2D eigenvalue weighted by Crippen LogP contribution is -2.05. The van der Waals surface area contributed by atoms with Crippen LogP contribution in [0.2, 0.25) is 0 Å². The summed E-state index contributed by atoms with van der Waals surface area (Å²) in [5, 5.41) is 0. The summed E-state index contributed by atoms with van der Waals surface area (Å²) in [6.07, 6.45) is 3.97. The van der Waals surface area contributed by atoms with Crippen molar-refractivity contribution in [2.45, 2.75) is 13.3 Å². The van der Waals surface area contributed by atoms with Crippen molar-refractivity contribution < 1.29 is 9.15 Å². The fourth-order valence-corrected chi connectivity index (χ4v) is 1.15. The highest BCUT2D eigenvalue weighted by atomic mass is 16.5. The Morgan fingerprint density at radius 3 is 2.94 bits per heavy atom. The normalized spacial score (nSPS) is 10.3. The van der Waals surface area contributed by atoms with Crippen molar-refractivity contribution in [2.75, 3.05) is 12.3 Å². The molecule has 0 saturated heterocycles. The van der Waals surface area contributed by atoms with Crippen LogP contribution < -0.4 is 10.5 Å². The molecule has 6 nitrogen and oxygen atoms in total. The number of nitrogens with two attached hydrogens (primary N) is 1. The van der Waals surface area contributed by atoms with Crippen molar-refractivity contribution in [1.82, 2.24) is 15.0 Å². The maximum absolute atomic E-state index is 5.56. The molecule has 0 aromatic carbocycles. The van der Waals surface area contributed by atoms with Gasteiger partial charge in [-0.3, -0.25) is 0 Å². The van der Waals surface area contributed by atoms with Gasteiger partial charge in [-0.15, -0.1) is 0 Å². The minimum Gasteiger partial charge on any atom is -0.472 e. The number of furan rings is 1. The number of aromatic nitrogens is 3. The van der Waals surface area contributed by atoms with E-state index in [1.165, 1.54) is 0 Å². The summed E-state index contributed by atoms with van der Waals surface area (Å²) >= 11 is 0. The lowest BCUT2D eigenvalue weighted by atomic mass is 10.3. The Bertz CT molecular complexity index is 456. The number of anilines is 1. The molecule has 0 unspecified atom stereocenters. The molecule has 16 heavy (non-hydrogen) atoms. The van der Waals surface area contributed by atoms with E-state index in [2.05, 4.69) is 15.0 Å². The van der Waals surface area contributed by atoms with Crippen molar-refractivity contribution in [3.63, 3.8) is 0 Å². The van der Waals surface area contributed by atoms with Gasteiger partial charge in [0.2, 0.25) is 5.95 Å². The Balaban J connectivity index is 2.29. The van der Waals surface area contributed by atoms with E-state index >= 15 is 0 Å². The van der Waals surface area contributed by atoms with Gasteiger partial charge in [0.05, 0.1) is 18.4 Å². The SMILES string of the molecule is CCCOc1nc(N)nc(-c2ccoc2)n1. The van der Waals surface area contributed by atoms with Crippen molar-refractivity contribution in [1.29, 1.82) is 0 Å². The summed E-state index contributed by atoms with van der Waals surface area (Å²) < 4.78 is 10.2. The van der Waals surface area contributed by atoms with E-state index in [0.29, 0.717) is 12.4 Å². The highest BCUT2D eigenvalue weighted by Gasteiger charge is 2.08. The topological polar surface area (TPSA) is 87.1 Å². The quantitative estimate of drug-likeness (QED) is 0.840. The Kier molecular flexibility index (Phi) is 3.00. The minimum atomic E-state index is 0.136. The molecule has 0 aliphatic heterocycles. The van der Waals surface area contributed by atoms with E-state index in [1.807, 2.05) is 6.92 Å². The van der Waals surface area contributed by atoms with E-state index < -0.39 is 0 Å². The molecule has 0 aliphatic rings. The molecular weight excluding hydrogens is 208 g/mol. The second-order valence-electron chi connectivity index (χ2n) is 3.16. The summed E-state index contributed by atoms with van der Waals surface area (Å²) in [6, 6.07) is 1.99. The molecule has 0 radical (unpaired) electrons. The van der Waals surface area contributed by atoms with Crippen LogP contribution >= 0.6 is 0 Å². The molecule has 2 N–H and O–H groups in total. The fraction of sp³-hybridized carbons (Fsp3) is 0.300. The van der Waals surface area contributed by atoms with Gasteiger partial charge in [-0.1, -0.05) is 6.92 Å². The fourth-order valence-electron chi connectivity index (χ4n) is 1.15. The number of ether oxygens (including phenoxy) is 1. The second-order valence-corrected chi connectivity index (χ2v) is 3.16. The van der Waals surface area contributed by atoms with Gasteiger partial charge in [-0.05, 0) is 12.5 Å². The van der Waals surface area contributed by atoms with Gasteiger partial charge in [0.15, 0.2) is 5.82 Å². The maximum atomic E-state index is 5.56. The van der Waals surface area contributed by atoms with Gasteiger partial charge >= 0.3 is 6.01 Å². The van der Waals surface area contributed by atoms with Crippen LogP contribution in [0.15, 0.2) is 23.0 Å². The van der Waals surface area contributed by atoms with Gasteiger partial charge in [0.25, 0.3) is 0 Å². The molecule has 0 saturated carbocycles. The number of hydrogen-bond donors (Lipinski definition) is 1. The first-order valence-electron chi connectivity index (χ1n) is 4.96. The lowest BCUT2D eigenvalue weighted by molar-refractivity contribution is 0.292. The molecule has 0 atom stereocenters. The molecule has 84 valence electrons. The third-order valence-corrected chi connectivity index (χ3v) is 1.85. The Morgan fingerprint density at radius 1 is 1.38 bits per heavy atom. The predicted octanol–water partition coefficient (Wildman–Crippen LogP) is 1.50. The summed E-state index contributed by atoms with van der Waals surface area (Å²) in [6.45, 7) is 2.55. The van der Waals surface area contributed by atoms with Crippen LogP contribution in [0.1, 0.15) is 13.3 Å². The van der Waals surface area contributed by atoms with E-state index in [0.717, 1.165) is 12.0 Å². The van der Waals surface area contributed by atoms with Gasteiger partial charge < -0.3 is 14.9 Å². The first-order chi connectivity index (χ1) is 7.79. The van der Waals surface area contributed by atoms with Gasteiger partial charge in [0, 0.05) is 0 Å². The van der Waals surface area contributed by atoms with Crippen LogP contribution in [-0.4, -0.2) is 21.6 Å². The highest BCUT2D eigenvalue weighted by molar-refractivity contribution is 5.53. The van der Waals surface area contributed by atoms with Gasteiger partial charge in [-0.25, -0.2) is 0 Å². The summed E-state index contributed by atoms with van der Waals surface area (Å²) in [4.78, 5) is 12.0. The highest BCUT2D eigenvalue weighted by Crippen LogP contribution is 2.17. The zero-order chi connectivity index (χ0) is 11.4. The van der Waals surface area contributed by atoms with Crippen LogP contribution in [0.25, 0.3) is 11.4 Å². The van der Waals surface area contributed by atoms with Crippen molar-refractivity contribution in [3.05, 3.63) is 18.6 Å². The van der Waals surface area contributed by atoms with Gasteiger partial charge in [0.1, 0.15) is 6.26 Å². The molecule has 2 aromatic heterocycles. The van der Waals surface area contributed by atoms with Crippen LogP contribution in [0, 0.1) is 0 Å². The van der Waals surface area contributed by atoms with Crippen LogP contribution in [0.4, 0.5) is 5.95 Å². The number of nitrogens with zero attached hydrogens (tertiary/aromatic N) is 3. The summed E-state index contributed by atoms with van der Waals surface area (Å²) in [5.74, 6) is 0.588. The molecule has 0 amide bonds. The predicted molar refractivity (Wildman–Crippen MR) is 57.7 cm³/mol. The molecule has 0 spiro atoms. The van der Waals surface area contributed by atoms with Crippen molar-refractivity contribution in [2.24, 2.45) is 0 Å². The molecule has 6 heteroatoms. The molecule has 0 fully saturated rings. The van der Waals surface area contributed by atoms with Crippen molar-refractivity contribution >= 4 is 5.95 Å². The number of rotatable bonds is 4. The smallest absolute Gasteiger partial charge is 0.321 e. The summed E-state index contributed by atoms with van der Waals surface area (Å²) in [5.41, 5.74) is 6.31. The largest absolute Gasteiger partial charge is 0.472 e. The van der Waals surface area contributed by atoms with Crippen LogP contribution in [0.5, 0.6) is 6.01 Å². The van der Waals surface area contributed by atoms with Crippen LogP contribution in [-0.2, 0) is 0 Å². The van der Waals surface area contributed by atoms with Crippen LogP contribution in [0.3, 0.4) is 0 Å². The van der Waals surface area contributed by atoms with E-state index in [-0.39, 0.29) is 12.0 Å². The van der Waals surface area contributed by atoms with Gasteiger partial charge in [-0.2, -0.15) is 15.0 Å². The average molecular weight is 220 g/mol. The third-order valence-electron chi connectivity index (χ3n) is 1.85. The monoisotopic (exact) mass is 220 g/mol. The maximum Gasteiger partial charge on any atom is 0.321 e. The number of hydrogen-bond acceptors (Lipinski definition) is 6. The number of nitrogen functional groups attached to an aromatic ring is 1. The Morgan fingerprint density at radius 2 is 2.25 bits per heavy atom. The summed E-state index contributed by atoms with van der Waals surface area (Å²) in [7, 11) is 0. The molecule has 2 aromatic rings. The zero-order valence-corrected chi connectivity index (χ0v) is 8.88. The van der Waals surface area contributed by atoms with E-state index in [1.54, 1.807) is 18.6 Å². The first-order valence-corrected chi connectivity index (χ1v) is 4.96. The second kappa shape index (κ2) is 4.61. The van der Waals surface area contributed by atoms with Crippen molar-refractivity contribution in [3.8, 4) is 17.4 Å². The van der Waals surface area contributed by atoms with E-state index in [9.17, 15) is 0 Å². The molecule has 0 aliphatic carbocycles. The minimum absolute atomic E-state index is 0.136. The molecule has 0 bridgehead atoms. The zero-order valence-electron chi connectivity index (χ0n) is 8.88. The Labute approximate surface area is 92.5 Å². The Hall–Kier alpha value is -2.11. The standard InChI is InChI=1S/C10H12N4O2/c1-2-4-16-10-13-8(12-9(11)14-10)7-3-5-15-6-7/h3,5-6H,2,4H2,1H3,(H2,11,12,13,14). The first kappa shape index (κ1) is 10.4. The molecule has 2 heterocycles. The molecular formula is C10H12N4O2.